The molecule has 8 nitrogen and oxygen atoms in total. The van der Waals surface area contributed by atoms with E-state index >= 15 is 0 Å². The minimum absolute atomic E-state index is 0.0141. The zero-order valence-corrected chi connectivity index (χ0v) is 19.7. The highest BCUT2D eigenvalue weighted by atomic mass is 16.5. The Bertz CT molecular complexity index is 1200. The summed E-state index contributed by atoms with van der Waals surface area (Å²) in [5, 5.41) is 2.37. The Hall–Kier alpha value is -3.23. The van der Waals surface area contributed by atoms with Gasteiger partial charge in [-0.3, -0.25) is 24.6 Å². The molecule has 0 aromatic heterocycles. The van der Waals surface area contributed by atoms with Gasteiger partial charge in [-0.1, -0.05) is 36.4 Å². The van der Waals surface area contributed by atoms with Gasteiger partial charge in [0.2, 0.25) is 11.8 Å². The molecule has 4 heterocycles. The van der Waals surface area contributed by atoms with E-state index in [9.17, 15) is 14.4 Å². The van der Waals surface area contributed by atoms with Gasteiger partial charge >= 0.3 is 0 Å². The highest BCUT2D eigenvalue weighted by molar-refractivity contribution is 6.06. The highest BCUT2D eigenvalue weighted by Crippen LogP contribution is 2.43. The van der Waals surface area contributed by atoms with Crippen molar-refractivity contribution in [3.63, 3.8) is 0 Å². The number of carbonyl (C=O) groups is 3. The molecule has 0 saturated carbocycles. The smallest absolute Gasteiger partial charge is 0.255 e. The zero-order chi connectivity index (χ0) is 24.2. The van der Waals surface area contributed by atoms with Crippen molar-refractivity contribution in [3.05, 3.63) is 64.7 Å². The van der Waals surface area contributed by atoms with Gasteiger partial charge in [0.25, 0.3) is 5.91 Å². The van der Waals surface area contributed by atoms with Crippen LogP contribution in [-0.2, 0) is 22.7 Å². The maximum atomic E-state index is 13.4. The lowest BCUT2D eigenvalue weighted by Crippen LogP contribution is -2.52. The summed E-state index contributed by atoms with van der Waals surface area (Å²) in [6.45, 7) is 2.81. The van der Waals surface area contributed by atoms with E-state index in [4.69, 9.17) is 10.5 Å². The summed E-state index contributed by atoms with van der Waals surface area (Å²) in [4.78, 5) is 41.3. The Morgan fingerprint density at radius 1 is 1.06 bits per heavy atom. The maximum absolute atomic E-state index is 13.4. The van der Waals surface area contributed by atoms with E-state index in [1.54, 1.807) is 4.90 Å². The van der Waals surface area contributed by atoms with Gasteiger partial charge in [-0.05, 0) is 36.5 Å². The molecular formula is C27H30N4O4. The second-order valence-electron chi connectivity index (χ2n) is 10.3. The summed E-state index contributed by atoms with van der Waals surface area (Å²) in [7, 11) is 0. The van der Waals surface area contributed by atoms with Crippen LogP contribution < -0.4 is 15.8 Å². The maximum Gasteiger partial charge on any atom is 0.255 e. The van der Waals surface area contributed by atoms with E-state index in [2.05, 4.69) is 10.2 Å². The standard InChI is InChI=1S/C27H30N4O4/c28-20-14-27(35-22-7-2-1-6-19(20)22)10-12-30(13-11-27)15-17-4-3-5-18-16-31(26(34)24(17)18)21-8-9-23(32)29-25(21)33/h1-7,20-21H,8-16,28H2,(H,29,32,33). The van der Waals surface area contributed by atoms with Gasteiger partial charge in [-0.25, -0.2) is 0 Å². The van der Waals surface area contributed by atoms with Gasteiger partial charge in [0.15, 0.2) is 0 Å². The minimum atomic E-state index is -0.592. The van der Waals surface area contributed by atoms with Crippen LogP contribution in [0.4, 0.5) is 0 Å². The molecule has 2 saturated heterocycles. The van der Waals surface area contributed by atoms with Gasteiger partial charge in [0.1, 0.15) is 17.4 Å². The Balaban J connectivity index is 1.15. The van der Waals surface area contributed by atoms with E-state index in [-0.39, 0.29) is 35.8 Å². The molecule has 182 valence electrons. The van der Waals surface area contributed by atoms with E-state index in [1.165, 1.54) is 0 Å². The first-order chi connectivity index (χ1) is 16.9. The van der Waals surface area contributed by atoms with Crippen molar-refractivity contribution in [2.75, 3.05) is 13.1 Å². The molecule has 2 aromatic carbocycles. The molecule has 4 aliphatic rings. The van der Waals surface area contributed by atoms with Crippen molar-refractivity contribution in [2.45, 2.75) is 62.9 Å². The fourth-order valence-electron chi connectivity index (χ4n) is 6.15. The monoisotopic (exact) mass is 474 g/mol. The van der Waals surface area contributed by atoms with E-state index in [1.807, 2.05) is 42.5 Å². The van der Waals surface area contributed by atoms with Crippen LogP contribution in [-0.4, -0.2) is 52.3 Å². The lowest BCUT2D eigenvalue weighted by molar-refractivity contribution is -0.136. The number of carbonyl (C=O) groups excluding carboxylic acids is 3. The average molecular weight is 475 g/mol. The topological polar surface area (TPSA) is 105 Å². The number of para-hydroxylation sites is 1. The van der Waals surface area contributed by atoms with Gasteiger partial charge in [0, 0.05) is 56.2 Å². The number of piperidine rings is 2. The van der Waals surface area contributed by atoms with E-state index < -0.39 is 6.04 Å². The third kappa shape index (κ3) is 3.90. The van der Waals surface area contributed by atoms with Crippen LogP contribution in [0.2, 0.25) is 0 Å². The molecule has 2 aromatic rings. The Morgan fingerprint density at radius 3 is 2.66 bits per heavy atom. The lowest BCUT2D eigenvalue weighted by atomic mass is 9.81. The molecule has 8 heteroatoms. The van der Waals surface area contributed by atoms with Crippen molar-refractivity contribution in [3.8, 4) is 5.75 Å². The van der Waals surface area contributed by atoms with E-state index in [0.29, 0.717) is 25.1 Å². The zero-order valence-electron chi connectivity index (χ0n) is 19.7. The number of benzene rings is 2. The number of rotatable bonds is 3. The molecule has 35 heavy (non-hydrogen) atoms. The van der Waals surface area contributed by atoms with Crippen LogP contribution in [0.3, 0.4) is 0 Å². The van der Waals surface area contributed by atoms with Crippen LogP contribution in [0, 0.1) is 0 Å². The second-order valence-corrected chi connectivity index (χ2v) is 10.3. The third-order valence-corrected chi connectivity index (χ3v) is 8.04. The van der Waals surface area contributed by atoms with Crippen LogP contribution in [0.15, 0.2) is 42.5 Å². The fraction of sp³-hybridized carbons (Fsp3) is 0.444. The number of likely N-dealkylation sites (tertiary alicyclic amines) is 1. The van der Waals surface area contributed by atoms with Crippen molar-refractivity contribution in [1.82, 2.24) is 15.1 Å². The first-order valence-electron chi connectivity index (χ1n) is 12.4. The van der Waals surface area contributed by atoms with Gasteiger partial charge in [-0.2, -0.15) is 0 Å². The molecular weight excluding hydrogens is 444 g/mol. The summed E-state index contributed by atoms with van der Waals surface area (Å²) in [5.41, 5.74) is 9.99. The Kier molecular flexibility index (Phi) is 5.38. The number of ether oxygens (including phenoxy) is 1. The van der Waals surface area contributed by atoms with Crippen molar-refractivity contribution in [1.29, 1.82) is 0 Å². The van der Waals surface area contributed by atoms with Crippen molar-refractivity contribution < 1.29 is 19.1 Å². The SMILES string of the molecule is NC1CC2(CCN(Cc3cccc4c3C(=O)N(C3CCC(=O)NC3=O)C4)CC2)Oc2ccccc21. The normalized spacial score (nSPS) is 25.7. The number of nitrogens with one attached hydrogen (secondary N) is 1. The quantitative estimate of drug-likeness (QED) is 0.662. The number of imide groups is 1. The third-order valence-electron chi connectivity index (χ3n) is 8.04. The van der Waals surface area contributed by atoms with Gasteiger partial charge in [-0.15, -0.1) is 0 Å². The molecule has 6 rings (SSSR count). The molecule has 0 radical (unpaired) electrons. The van der Waals surface area contributed by atoms with Crippen LogP contribution in [0.5, 0.6) is 5.75 Å². The summed E-state index contributed by atoms with van der Waals surface area (Å²) < 4.78 is 6.49. The summed E-state index contributed by atoms with van der Waals surface area (Å²) >= 11 is 0. The first kappa shape index (κ1) is 22.2. The minimum Gasteiger partial charge on any atom is -0.487 e. The molecule has 0 bridgehead atoms. The predicted molar refractivity (Wildman–Crippen MR) is 128 cm³/mol. The van der Waals surface area contributed by atoms with Crippen LogP contribution >= 0.6 is 0 Å². The van der Waals surface area contributed by atoms with E-state index in [0.717, 1.165) is 54.8 Å². The predicted octanol–water partition coefficient (Wildman–Crippen LogP) is 2.26. The summed E-state index contributed by atoms with van der Waals surface area (Å²) in [5.74, 6) is 0.138. The second kappa shape index (κ2) is 8.46. The Labute approximate surface area is 204 Å². The lowest BCUT2D eigenvalue weighted by Gasteiger charge is -2.46. The highest BCUT2D eigenvalue weighted by Gasteiger charge is 2.43. The number of hydrogen-bond donors (Lipinski definition) is 2. The summed E-state index contributed by atoms with van der Waals surface area (Å²) in [6.07, 6.45) is 3.23. The van der Waals surface area contributed by atoms with Crippen LogP contribution in [0.1, 0.15) is 65.2 Å². The van der Waals surface area contributed by atoms with Crippen molar-refractivity contribution in [2.24, 2.45) is 5.73 Å². The molecule has 3 N–H and O–H groups in total. The molecule has 2 atom stereocenters. The average Bonchev–Trinajstić information content (AvgIpc) is 3.18. The molecule has 2 unspecified atom stereocenters. The van der Waals surface area contributed by atoms with Crippen molar-refractivity contribution >= 4 is 17.7 Å². The number of hydrogen-bond acceptors (Lipinski definition) is 6. The number of nitrogens with two attached hydrogens (primary N) is 1. The molecule has 2 fully saturated rings. The van der Waals surface area contributed by atoms with Gasteiger partial charge < -0.3 is 15.4 Å². The molecule has 4 aliphatic heterocycles. The first-order valence-corrected chi connectivity index (χ1v) is 12.4. The molecule has 0 aliphatic carbocycles. The molecule has 3 amide bonds. The summed E-state index contributed by atoms with van der Waals surface area (Å²) in [6, 6.07) is 13.4. The fourth-order valence-corrected chi connectivity index (χ4v) is 6.15. The number of fused-ring (bicyclic) bond motifs is 2. The van der Waals surface area contributed by atoms with Gasteiger partial charge in [0.05, 0.1) is 0 Å². The Morgan fingerprint density at radius 2 is 1.86 bits per heavy atom. The number of nitrogens with zero attached hydrogens (tertiary/aromatic N) is 2. The molecule has 1 spiro atoms. The largest absolute Gasteiger partial charge is 0.487 e. The number of amides is 3. The van der Waals surface area contributed by atoms with Crippen LogP contribution in [0.25, 0.3) is 0 Å².